The minimum Gasteiger partial charge on any atom is -0.495 e. The molecule has 0 atom stereocenters. The highest BCUT2D eigenvalue weighted by molar-refractivity contribution is 8.01. The summed E-state index contributed by atoms with van der Waals surface area (Å²) in [6.45, 7) is 0. The lowest BCUT2D eigenvalue weighted by molar-refractivity contribution is 0.408. The highest BCUT2D eigenvalue weighted by Gasteiger charge is 2.05. The van der Waals surface area contributed by atoms with Crippen LogP contribution in [0.5, 0.6) is 5.75 Å². The first-order valence-corrected chi connectivity index (χ1v) is 6.42. The SMILES string of the molecule is COc1ccsc1Sc1ccc(Cl)cc1. The maximum Gasteiger partial charge on any atom is 0.143 e. The summed E-state index contributed by atoms with van der Waals surface area (Å²) >= 11 is 9.19. The predicted molar refractivity (Wildman–Crippen MR) is 66.4 cm³/mol. The van der Waals surface area contributed by atoms with Gasteiger partial charge in [-0.2, -0.15) is 0 Å². The van der Waals surface area contributed by atoms with Crippen LogP contribution in [0.4, 0.5) is 0 Å². The molecule has 1 aromatic carbocycles. The minimum atomic E-state index is 0.762. The van der Waals surface area contributed by atoms with Gasteiger partial charge >= 0.3 is 0 Å². The van der Waals surface area contributed by atoms with Gasteiger partial charge in [0.15, 0.2) is 0 Å². The molecule has 0 fully saturated rings. The van der Waals surface area contributed by atoms with Crippen molar-refractivity contribution in [2.75, 3.05) is 7.11 Å². The molecule has 0 saturated carbocycles. The van der Waals surface area contributed by atoms with Gasteiger partial charge in [0.1, 0.15) is 9.96 Å². The molecule has 15 heavy (non-hydrogen) atoms. The molecule has 0 unspecified atom stereocenters. The van der Waals surface area contributed by atoms with E-state index in [1.165, 1.54) is 9.10 Å². The second kappa shape index (κ2) is 4.92. The molecule has 0 N–H and O–H groups in total. The molecule has 1 heterocycles. The summed E-state index contributed by atoms with van der Waals surface area (Å²) in [5, 5.41) is 2.79. The molecule has 2 aromatic rings. The van der Waals surface area contributed by atoms with Crippen LogP contribution >= 0.6 is 34.7 Å². The van der Waals surface area contributed by atoms with Gasteiger partial charge in [-0.05, 0) is 35.7 Å². The molecule has 1 aromatic heterocycles. The number of thiophene rings is 1. The van der Waals surface area contributed by atoms with Crippen molar-refractivity contribution in [2.45, 2.75) is 9.10 Å². The molecule has 0 aliphatic heterocycles. The second-order valence-corrected chi connectivity index (χ2v) is 5.53. The first kappa shape index (κ1) is 10.9. The Hall–Kier alpha value is -0.640. The van der Waals surface area contributed by atoms with Crippen LogP contribution < -0.4 is 4.74 Å². The molecular formula is C11H9ClOS2. The van der Waals surface area contributed by atoms with Crippen LogP contribution in [0.2, 0.25) is 5.02 Å². The fourth-order valence-corrected chi connectivity index (χ4v) is 3.21. The van der Waals surface area contributed by atoms with E-state index in [2.05, 4.69) is 0 Å². The number of hydrogen-bond donors (Lipinski definition) is 0. The van der Waals surface area contributed by atoms with Gasteiger partial charge in [-0.15, -0.1) is 11.3 Å². The molecule has 2 rings (SSSR count). The third-order valence-corrected chi connectivity index (χ3v) is 4.21. The topological polar surface area (TPSA) is 9.23 Å². The smallest absolute Gasteiger partial charge is 0.143 e. The van der Waals surface area contributed by atoms with Crippen LogP contribution in [0, 0.1) is 0 Å². The van der Waals surface area contributed by atoms with Gasteiger partial charge in [-0.1, -0.05) is 23.4 Å². The Kier molecular flexibility index (Phi) is 3.57. The normalized spacial score (nSPS) is 10.3. The molecule has 0 bridgehead atoms. The van der Waals surface area contributed by atoms with E-state index in [9.17, 15) is 0 Å². The average Bonchev–Trinajstić information content (AvgIpc) is 2.69. The van der Waals surface area contributed by atoms with E-state index in [1.54, 1.807) is 30.2 Å². The third kappa shape index (κ3) is 2.68. The van der Waals surface area contributed by atoms with E-state index in [4.69, 9.17) is 16.3 Å². The summed E-state index contributed by atoms with van der Waals surface area (Å²) in [7, 11) is 1.69. The molecule has 0 aliphatic rings. The van der Waals surface area contributed by atoms with E-state index in [0.29, 0.717) is 0 Å². The summed E-state index contributed by atoms with van der Waals surface area (Å²) in [5.74, 6) is 0.931. The molecule has 0 amide bonds. The van der Waals surface area contributed by atoms with Crippen LogP contribution in [0.15, 0.2) is 44.8 Å². The van der Waals surface area contributed by atoms with Crippen molar-refractivity contribution in [1.82, 2.24) is 0 Å². The molecule has 0 aliphatic carbocycles. The zero-order valence-electron chi connectivity index (χ0n) is 8.07. The van der Waals surface area contributed by atoms with Gasteiger partial charge in [0.25, 0.3) is 0 Å². The van der Waals surface area contributed by atoms with Gasteiger partial charge < -0.3 is 4.74 Å². The van der Waals surface area contributed by atoms with Crippen molar-refractivity contribution < 1.29 is 4.74 Å². The number of hydrogen-bond acceptors (Lipinski definition) is 3. The van der Waals surface area contributed by atoms with Crippen molar-refractivity contribution in [3.8, 4) is 5.75 Å². The summed E-state index contributed by atoms with van der Waals surface area (Å²) in [6, 6.07) is 9.77. The van der Waals surface area contributed by atoms with Crippen LogP contribution in [-0.2, 0) is 0 Å². The van der Waals surface area contributed by atoms with Gasteiger partial charge in [0.05, 0.1) is 7.11 Å². The van der Waals surface area contributed by atoms with Gasteiger partial charge in [0.2, 0.25) is 0 Å². The highest BCUT2D eigenvalue weighted by atomic mass is 35.5. The Bertz CT molecular complexity index is 436. The predicted octanol–water partition coefficient (Wildman–Crippen LogP) is 4.56. The van der Waals surface area contributed by atoms with Crippen LogP contribution in [0.3, 0.4) is 0 Å². The summed E-state index contributed by atoms with van der Waals surface area (Å²) < 4.78 is 6.41. The van der Waals surface area contributed by atoms with E-state index in [0.717, 1.165) is 10.8 Å². The number of rotatable bonds is 3. The van der Waals surface area contributed by atoms with Gasteiger partial charge in [-0.25, -0.2) is 0 Å². The first-order valence-electron chi connectivity index (χ1n) is 4.34. The minimum absolute atomic E-state index is 0.762. The lowest BCUT2D eigenvalue weighted by atomic mass is 10.4. The van der Waals surface area contributed by atoms with Crippen molar-refractivity contribution in [3.63, 3.8) is 0 Å². The lowest BCUT2D eigenvalue weighted by Crippen LogP contribution is -1.80. The van der Waals surface area contributed by atoms with Crippen LogP contribution in [0.1, 0.15) is 0 Å². The molecule has 1 nitrogen and oxygen atoms in total. The second-order valence-electron chi connectivity index (χ2n) is 2.83. The van der Waals surface area contributed by atoms with E-state index in [-0.39, 0.29) is 0 Å². The molecule has 78 valence electrons. The summed E-state index contributed by atoms with van der Waals surface area (Å²) in [4.78, 5) is 1.17. The van der Waals surface area contributed by atoms with Crippen molar-refractivity contribution >= 4 is 34.7 Å². The van der Waals surface area contributed by atoms with E-state index >= 15 is 0 Å². The standard InChI is InChI=1S/C11H9ClOS2/c1-13-10-6-7-14-11(10)15-9-4-2-8(12)3-5-9/h2-7H,1H3. The number of ether oxygens (including phenoxy) is 1. The Morgan fingerprint density at radius 1 is 1.20 bits per heavy atom. The third-order valence-electron chi connectivity index (χ3n) is 1.84. The van der Waals surface area contributed by atoms with Crippen molar-refractivity contribution in [2.24, 2.45) is 0 Å². The molecule has 0 saturated heterocycles. The quantitative estimate of drug-likeness (QED) is 0.796. The highest BCUT2D eigenvalue weighted by Crippen LogP contribution is 2.39. The average molecular weight is 257 g/mol. The maximum atomic E-state index is 5.82. The van der Waals surface area contributed by atoms with Crippen molar-refractivity contribution in [1.29, 1.82) is 0 Å². The zero-order valence-corrected chi connectivity index (χ0v) is 10.5. The molecule has 0 radical (unpaired) electrons. The molecule has 4 heteroatoms. The van der Waals surface area contributed by atoms with Gasteiger partial charge in [0, 0.05) is 9.92 Å². The van der Waals surface area contributed by atoms with Gasteiger partial charge in [-0.3, -0.25) is 0 Å². The number of benzene rings is 1. The Labute approximate surface area is 102 Å². The van der Waals surface area contributed by atoms with E-state index < -0.39 is 0 Å². The zero-order chi connectivity index (χ0) is 10.7. The van der Waals surface area contributed by atoms with E-state index in [1.807, 2.05) is 35.7 Å². The summed E-state index contributed by atoms with van der Waals surface area (Å²) in [5.41, 5.74) is 0. The maximum absolute atomic E-state index is 5.82. The fourth-order valence-electron chi connectivity index (χ4n) is 1.12. The Morgan fingerprint density at radius 3 is 2.60 bits per heavy atom. The Morgan fingerprint density at radius 2 is 1.93 bits per heavy atom. The van der Waals surface area contributed by atoms with Crippen LogP contribution in [0.25, 0.3) is 0 Å². The lowest BCUT2D eigenvalue weighted by Gasteiger charge is -2.02. The fraction of sp³-hybridized carbons (Fsp3) is 0.0909. The molecular weight excluding hydrogens is 248 g/mol. The number of methoxy groups -OCH3 is 1. The Balaban J connectivity index is 2.18. The first-order chi connectivity index (χ1) is 7.29. The van der Waals surface area contributed by atoms with Crippen LogP contribution in [-0.4, -0.2) is 7.11 Å². The van der Waals surface area contributed by atoms with Crippen molar-refractivity contribution in [3.05, 3.63) is 40.7 Å². The summed E-state index contributed by atoms with van der Waals surface area (Å²) in [6.07, 6.45) is 0. The monoisotopic (exact) mass is 256 g/mol. The number of halogens is 1. The largest absolute Gasteiger partial charge is 0.495 e. The molecule has 0 spiro atoms.